The Labute approximate surface area is 341 Å². The molecule has 3 aromatic rings. The van der Waals surface area contributed by atoms with E-state index in [1.54, 1.807) is 0 Å². The number of benzene rings is 3. The van der Waals surface area contributed by atoms with Gasteiger partial charge in [-0.2, -0.15) is 0 Å². The minimum absolute atomic E-state index is 0.0888. The maximum atomic E-state index is 7.00. The van der Waals surface area contributed by atoms with Crippen LogP contribution in [0.5, 0.6) is 17.2 Å². The Morgan fingerprint density at radius 2 is 0.673 bits per heavy atom. The quantitative estimate of drug-likeness (QED) is 0.0670. The molecule has 0 bridgehead atoms. The summed E-state index contributed by atoms with van der Waals surface area (Å²) in [6.45, 7) is 34.7. The van der Waals surface area contributed by atoms with Crippen molar-refractivity contribution in [1.29, 1.82) is 0 Å². The molecule has 0 unspecified atom stereocenters. The van der Waals surface area contributed by atoms with Crippen molar-refractivity contribution in [2.75, 3.05) is 0 Å². The van der Waals surface area contributed by atoms with Gasteiger partial charge in [0.25, 0.3) is 0 Å². The fourth-order valence-electron chi connectivity index (χ4n) is 7.69. The van der Waals surface area contributed by atoms with Gasteiger partial charge in [0, 0.05) is 0 Å². The number of hydrogen-bond acceptors (Lipinski definition) is 3. The Kier molecular flexibility index (Phi) is 18.2. The van der Waals surface area contributed by atoms with Crippen LogP contribution >= 0.6 is 8.60 Å². The van der Waals surface area contributed by atoms with E-state index in [4.69, 9.17) is 13.6 Å². The van der Waals surface area contributed by atoms with E-state index in [0.717, 1.165) is 17.2 Å². The van der Waals surface area contributed by atoms with Gasteiger partial charge in [-0.15, -0.1) is 0 Å². The largest absolute Gasteiger partial charge is 0.530 e. The maximum Gasteiger partial charge on any atom is 0.530 e. The average Bonchev–Trinajstić information content (AvgIpc) is 3.11. The minimum atomic E-state index is -1.86. The first-order chi connectivity index (χ1) is 25.9. The van der Waals surface area contributed by atoms with Crippen LogP contribution in [0.1, 0.15) is 232 Å². The highest BCUT2D eigenvalue weighted by Gasteiger charge is 2.30. The van der Waals surface area contributed by atoms with E-state index in [1.165, 1.54) is 110 Å². The third-order valence-corrected chi connectivity index (χ3v) is 13.0. The van der Waals surface area contributed by atoms with Gasteiger partial charge in [0.1, 0.15) is 17.2 Å². The Morgan fingerprint density at radius 3 is 0.891 bits per heavy atom. The average molecular weight is 773 g/mol. The molecular weight excluding hydrogens is 692 g/mol. The second kappa shape index (κ2) is 21.3. The number of rotatable bonds is 24. The van der Waals surface area contributed by atoms with Crippen molar-refractivity contribution < 1.29 is 13.6 Å². The first-order valence-corrected chi connectivity index (χ1v) is 23.2. The highest BCUT2D eigenvalue weighted by molar-refractivity contribution is 7.43. The number of unbranched alkanes of at least 4 members (excludes halogenated alkanes) is 6. The predicted molar refractivity (Wildman–Crippen MR) is 242 cm³/mol. The van der Waals surface area contributed by atoms with Gasteiger partial charge in [0.2, 0.25) is 0 Å². The van der Waals surface area contributed by atoms with Crippen LogP contribution in [0, 0.1) is 0 Å². The summed E-state index contributed by atoms with van der Waals surface area (Å²) < 4.78 is 21.0. The molecule has 0 aromatic heterocycles. The monoisotopic (exact) mass is 773 g/mol. The van der Waals surface area contributed by atoms with Crippen LogP contribution in [-0.2, 0) is 16.2 Å². The Morgan fingerprint density at radius 1 is 0.418 bits per heavy atom. The molecule has 0 fully saturated rings. The van der Waals surface area contributed by atoms with Crippen molar-refractivity contribution >= 4 is 8.60 Å². The molecule has 3 nitrogen and oxygen atoms in total. The van der Waals surface area contributed by atoms with E-state index in [2.05, 4.69) is 158 Å². The Hall–Kier alpha value is -2.51. The molecule has 0 aliphatic rings. The summed E-state index contributed by atoms with van der Waals surface area (Å²) in [4.78, 5) is 0. The van der Waals surface area contributed by atoms with Crippen molar-refractivity contribution in [3.63, 3.8) is 0 Å². The van der Waals surface area contributed by atoms with Gasteiger partial charge < -0.3 is 13.6 Å². The Bertz CT molecular complexity index is 1410. The van der Waals surface area contributed by atoms with Crippen LogP contribution < -0.4 is 13.6 Å². The lowest BCUT2D eigenvalue weighted by molar-refractivity contribution is 0.379. The van der Waals surface area contributed by atoms with Crippen molar-refractivity contribution in [3.05, 3.63) is 88.0 Å². The summed E-state index contributed by atoms with van der Waals surface area (Å²) in [5.41, 5.74) is 7.95. The van der Waals surface area contributed by atoms with Crippen molar-refractivity contribution in [2.24, 2.45) is 0 Å². The third kappa shape index (κ3) is 13.5. The van der Waals surface area contributed by atoms with E-state index in [-0.39, 0.29) is 34.0 Å². The second-order valence-electron chi connectivity index (χ2n) is 19.2. The predicted octanol–water partition coefficient (Wildman–Crippen LogP) is 17.4. The lowest BCUT2D eigenvalue weighted by Crippen LogP contribution is -2.18. The molecule has 0 heterocycles. The van der Waals surface area contributed by atoms with Gasteiger partial charge in [0.15, 0.2) is 0 Å². The third-order valence-electron chi connectivity index (χ3n) is 12.0. The van der Waals surface area contributed by atoms with E-state index >= 15 is 0 Å². The fourth-order valence-corrected chi connectivity index (χ4v) is 8.78. The second-order valence-corrected chi connectivity index (χ2v) is 20.2. The smallest absolute Gasteiger partial charge is 0.408 e. The molecule has 0 saturated carbocycles. The molecule has 0 spiro atoms. The Balaban J connectivity index is 2.12. The van der Waals surface area contributed by atoms with Crippen molar-refractivity contribution in [3.8, 4) is 17.2 Å². The van der Waals surface area contributed by atoms with Crippen molar-refractivity contribution in [2.45, 2.75) is 215 Å². The summed E-state index contributed by atoms with van der Waals surface area (Å²) >= 11 is 0. The van der Waals surface area contributed by atoms with Gasteiger partial charge in [0.05, 0.1) is 0 Å². The number of hydrogen-bond donors (Lipinski definition) is 0. The molecular formula is C51H81O3P. The normalized spacial score (nSPS) is 12.7. The molecule has 0 aliphatic heterocycles. The molecule has 0 N–H and O–H groups in total. The SMILES string of the molecule is CCCCCC(C)(C)c1ccc(OP(Oc2ccc(C(C)(C)CCCCC)cc2C(C)C)Oc2ccc(C(C)(C)CCCCC)cc2C(C)C)c(C(C)C)c1. The molecule has 0 atom stereocenters. The van der Waals surface area contributed by atoms with E-state index in [9.17, 15) is 0 Å². The van der Waals surface area contributed by atoms with Crippen LogP contribution in [0.4, 0.5) is 0 Å². The molecule has 3 aromatic carbocycles. The maximum absolute atomic E-state index is 7.00. The molecule has 308 valence electrons. The first kappa shape index (κ1) is 46.9. The van der Waals surface area contributed by atoms with Gasteiger partial charge in [-0.05, 0) is 105 Å². The zero-order valence-corrected chi connectivity index (χ0v) is 39.0. The van der Waals surface area contributed by atoms with Gasteiger partial charge >= 0.3 is 8.60 Å². The fraction of sp³-hybridized carbons (Fsp3) is 0.647. The highest BCUT2D eigenvalue weighted by atomic mass is 31.2. The zero-order chi connectivity index (χ0) is 41.0. The van der Waals surface area contributed by atoms with Gasteiger partial charge in [-0.1, -0.05) is 198 Å². The zero-order valence-electron chi connectivity index (χ0n) is 38.1. The van der Waals surface area contributed by atoms with E-state index in [0.29, 0.717) is 0 Å². The topological polar surface area (TPSA) is 27.7 Å². The summed E-state index contributed by atoms with van der Waals surface area (Å²) in [7, 11) is -1.86. The first-order valence-electron chi connectivity index (χ1n) is 22.1. The van der Waals surface area contributed by atoms with Gasteiger partial charge in [-0.25, -0.2) is 0 Å². The minimum Gasteiger partial charge on any atom is -0.408 e. The van der Waals surface area contributed by atoms with E-state index in [1.807, 2.05) is 0 Å². The molecule has 0 saturated heterocycles. The molecule has 0 aliphatic carbocycles. The van der Waals surface area contributed by atoms with E-state index < -0.39 is 8.60 Å². The standard InChI is InChI=1S/C51H81O3P/c1-16-19-22-31-49(10,11)40-25-28-46(43(34-40)37(4)5)52-55(53-47-29-26-41(35-44(47)38(6)7)50(12,13)32-23-20-17-2)54-48-30-27-42(36-45(48)39(8)9)51(14,15)33-24-21-18-3/h25-30,34-39H,16-24,31-33H2,1-15H3. The lowest BCUT2D eigenvalue weighted by Gasteiger charge is -2.29. The summed E-state index contributed by atoms with van der Waals surface area (Å²) in [6.07, 6.45) is 14.8. The van der Waals surface area contributed by atoms with Crippen LogP contribution in [-0.4, -0.2) is 0 Å². The van der Waals surface area contributed by atoms with Gasteiger partial charge in [-0.3, -0.25) is 0 Å². The van der Waals surface area contributed by atoms with Crippen molar-refractivity contribution in [1.82, 2.24) is 0 Å². The van der Waals surface area contributed by atoms with Crippen LogP contribution in [0.25, 0.3) is 0 Å². The lowest BCUT2D eigenvalue weighted by atomic mass is 9.78. The molecule has 0 amide bonds. The van der Waals surface area contributed by atoms with Crippen LogP contribution in [0.2, 0.25) is 0 Å². The molecule has 3 rings (SSSR count). The summed E-state index contributed by atoms with van der Waals surface area (Å²) in [6, 6.07) is 20.5. The summed E-state index contributed by atoms with van der Waals surface area (Å²) in [5.74, 6) is 3.36. The van der Waals surface area contributed by atoms with Crippen LogP contribution in [0.15, 0.2) is 54.6 Å². The highest BCUT2D eigenvalue weighted by Crippen LogP contribution is 2.49. The molecule has 4 heteroatoms. The van der Waals surface area contributed by atoms with Crippen LogP contribution in [0.3, 0.4) is 0 Å². The molecule has 0 radical (unpaired) electrons. The summed E-state index contributed by atoms with van der Waals surface area (Å²) in [5, 5.41) is 0. The molecule has 55 heavy (non-hydrogen) atoms.